The molecule has 2 aliphatic rings. The molecular formula is C48H68Cl2N4O18S2. The summed E-state index contributed by atoms with van der Waals surface area (Å²) in [5.41, 5.74) is 15.4. The number of allylic oxidation sites excluding steroid dienone is 2. The zero-order valence-electron chi connectivity index (χ0n) is 52.8. The second-order valence-electron chi connectivity index (χ2n) is 14.2. The van der Waals surface area contributed by atoms with Crippen LogP contribution in [-0.2, 0) is 78.8 Å². The van der Waals surface area contributed by atoms with Gasteiger partial charge in [0.05, 0.1) is 99.4 Å². The van der Waals surface area contributed by atoms with Gasteiger partial charge in [-0.1, -0.05) is 59.6 Å². The van der Waals surface area contributed by atoms with Gasteiger partial charge in [-0.2, -0.15) is 0 Å². The van der Waals surface area contributed by atoms with Crippen LogP contribution in [0.4, 0.5) is 0 Å². The van der Waals surface area contributed by atoms with E-state index in [0.717, 1.165) is 0 Å². The van der Waals surface area contributed by atoms with Crippen molar-refractivity contribution in [2.24, 2.45) is 11.5 Å². The van der Waals surface area contributed by atoms with E-state index in [2.05, 4.69) is 10.6 Å². The van der Waals surface area contributed by atoms with Crippen LogP contribution in [0.3, 0.4) is 0 Å². The van der Waals surface area contributed by atoms with E-state index >= 15 is 0 Å². The molecule has 2 unspecified atom stereocenters. The monoisotopic (exact) mass is 1130 g/mol. The summed E-state index contributed by atoms with van der Waals surface area (Å²) in [4.78, 5) is 70.5. The van der Waals surface area contributed by atoms with Crippen molar-refractivity contribution in [1.29, 1.82) is 0 Å². The van der Waals surface area contributed by atoms with E-state index < -0.39 is 106 Å². The quantitative estimate of drug-likeness (QED) is 0.0569. The predicted octanol–water partition coefficient (Wildman–Crippen LogP) is 2.40. The number of halogens is 2. The number of aliphatic carboxylic acids is 2. The van der Waals surface area contributed by atoms with E-state index in [-0.39, 0.29) is 37.6 Å². The van der Waals surface area contributed by atoms with Crippen LogP contribution in [0.1, 0.15) is 67.1 Å². The van der Waals surface area contributed by atoms with E-state index in [1.54, 1.807) is 76.2 Å². The third-order valence-electron chi connectivity index (χ3n) is 9.35. The Balaban J connectivity index is 0.00000115. The fourth-order valence-corrected chi connectivity index (χ4v) is 7.00. The standard InChI is InChI=1S/2C20H25ClN2O5.C4H6O6.2C2H6OS/c2*1-4-28-20(25)18-15(11-27-10-9-22)23-12(2)16(19(24)26-3)17(18)13-7-5-6-8-14(13)21;5-1(3(7)8)2(6)4(9)10;2*1-4(2)3/h2*5-8,17,23H,4,9-11,22H2,1-3H3;1-2,5-6H,(H,7,8)(H,9,10);2*1-2H3/t2*17-;;;/m00.../s1/i;;;2*1D3,2D3. The number of aliphatic hydroxyl groups is 2. The lowest BCUT2D eigenvalue weighted by molar-refractivity contribution is -0.165. The zero-order chi connectivity index (χ0) is 66.8. The molecule has 0 saturated carbocycles. The van der Waals surface area contributed by atoms with Crippen molar-refractivity contribution in [3.8, 4) is 0 Å². The van der Waals surface area contributed by atoms with E-state index in [4.69, 9.17) is 100.0 Å². The highest BCUT2D eigenvalue weighted by atomic mass is 35.5. The van der Waals surface area contributed by atoms with Gasteiger partial charge < -0.3 is 70.9 Å². The van der Waals surface area contributed by atoms with Crippen LogP contribution in [-0.4, -0.2) is 169 Å². The van der Waals surface area contributed by atoms with Crippen LogP contribution >= 0.6 is 23.2 Å². The van der Waals surface area contributed by atoms with Gasteiger partial charge in [0.15, 0.2) is 12.2 Å². The predicted molar refractivity (Wildman–Crippen MR) is 278 cm³/mol. The SMILES string of the molecule is CCOC(=O)C1=C(COCCN)NC(C)=C(C(=O)OC)[C@@H]1c1ccccc1Cl.CCOC(=O)C1=C(COCCN)NC(C)=C(C(=O)OC)[C@@H]1c1ccccc1Cl.O=C(O)C(O)C(O)C(=O)O.[2H]C([2H])([2H])S(=O)C([2H])([2H])[2H].[2H]C([2H])([2H])S(=O)C([2H])([2H])[2H]. The summed E-state index contributed by atoms with van der Waals surface area (Å²) in [6.45, 7) is 8.83. The second-order valence-corrected chi connectivity index (χ2v) is 16.1. The Labute approximate surface area is 462 Å². The summed E-state index contributed by atoms with van der Waals surface area (Å²) in [5.74, 6) is -7.27. The second kappa shape index (κ2) is 36.4. The van der Waals surface area contributed by atoms with Gasteiger partial charge in [-0.05, 0) is 51.0 Å². The summed E-state index contributed by atoms with van der Waals surface area (Å²) < 4.78 is 130. The molecule has 2 aromatic carbocycles. The Morgan fingerprint density at radius 2 is 0.946 bits per heavy atom. The van der Waals surface area contributed by atoms with Crippen LogP contribution < -0.4 is 22.1 Å². The lowest BCUT2D eigenvalue weighted by Crippen LogP contribution is -2.39. The fraction of sp³-hybridized carbons (Fsp3) is 0.458. The molecule has 10 N–H and O–H groups in total. The summed E-state index contributed by atoms with van der Waals surface area (Å²) in [6, 6.07) is 14.1. The Bertz CT molecular complexity index is 2630. The summed E-state index contributed by atoms with van der Waals surface area (Å²) in [6.07, 6.45) is -16.1. The Morgan fingerprint density at radius 3 is 1.19 bits per heavy atom. The average Bonchev–Trinajstić information content (AvgIpc) is 1.05. The molecular weight excluding hydrogens is 1060 g/mol. The first kappa shape index (κ1) is 49.3. The number of hydrogen-bond acceptors (Lipinski definition) is 20. The minimum Gasteiger partial charge on any atom is -0.479 e. The molecule has 0 aliphatic carbocycles. The molecule has 0 radical (unpaired) electrons. The van der Waals surface area contributed by atoms with Gasteiger partial charge in [-0.3, -0.25) is 8.42 Å². The van der Waals surface area contributed by atoms with Crippen molar-refractivity contribution < 1.29 is 102 Å². The van der Waals surface area contributed by atoms with Gasteiger partial charge in [0, 0.05) is 97.3 Å². The number of rotatable bonds is 19. The molecule has 2 heterocycles. The van der Waals surface area contributed by atoms with Crippen LogP contribution in [0.15, 0.2) is 93.6 Å². The number of carboxylic acids is 2. The third kappa shape index (κ3) is 22.5. The zero-order valence-corrected chi connectivity index (χ0v) is 44.0. The maximum Gasteiger partial charge on any atom is 0.336 e. The number of nitrogens with one attached hydrogen (secondary N) is 2. The Morgan fingerprint density at radius 1 is 0.622 bits per heavy atom. The largest absolute Gasteiger partial charge is 0.479 e. The molecule has 0 bridgehead atoms. The average molecular weight is 1140 g/mol. The highest BCUT2D eigenvalue weighted by Gasteiger charge is 2.41. The number of nitrogens with two attached hydrogens (primary N) is 2. The number of aliphatic hydroxyl groups excluding tert-OH is 2. The number of carbonyl (C=O) groups is 6. The lowest BCUT2D eigenvalue weighted by atomic mass is 9.80. The van der Waals surface area contributed by atoms with Crippen molar-refractivity contribution in [1.82, 2.24) is 10.6 Å². The van der Waals surface area contributed by atoms with Crippen molar-refractivity contribution >= 4 is 80.6 Å². The highest BCUT2D eigenvalue weighted by Crippen LogP contribution is 2.43. The molecule has 26 heteroatoms. The van der Waals surface area contributed by atoms with Crippen molar-refractivity contribution in [3.63, 3.8) is 0 Å². The van der Waals surface area contributed by atoms with Crippen molar-refractivity contribution in [2.45, 2.75) is 51.7 Å². The number of methoxy groups -OCH3 is 2. The maximum atomic E-state index is 12.9. The number of ether oxygens (including phenoxy) is 6. The van der Waals surface area contributed by atoms with E-state index in [1.165, 1.54) is 14.2 Å². The third-order valence-corrected chi connectivity index (χ3v) is 10.0. The normalized spacial score (nSPS) is 18.8. The Hall–Kier alpha value is -5.54. The fourth-order valence-electron chi connectivity index (χ4n) is 6.51. The topological polar surface area (TPSA) is 349 Å². The van der Waals surface area contributed by atoms with Gasteiger partial charge in [-0.15, -0.1) is 0 Å². The number of dihydropyridines is 2. The molecule has 22 nitrogen and oxygen atoms in total. The molecule has 2 aromatic rings. The Kier molecular flexibility index (Phi) is 24.3. The van der Waals surface area contributed by atoms with Crippen molar-refractivity contribution in [2.75, 3.05) is 91.7 Å². The molecule has 2 aliphatic heterocycles. The molecule has 0 fully saturated rings. The van der Waals surface area contributed by atoms with E-state index in [9.17, 15) is 37.2 Å². The van der Waals surface area contributed by atoms with Crippen LogP contribution in [0.25, 0.3) is 0 Å². The number of hydrogen-bond donors (Lipinski definition) is 8. The number of esters is 4. The summed E-state index contributed by atoms with van der Waals surface area (Å²) in [5, 5.41) is 39.6. The molecule has 4 rings (SSSR count). The van der Waals surface area contributed by atoms with Crippen molar-refractivity contribution in [3.05, 3.63) is 115 Å². The molecule has 4 atom stereocenters. The summed E-state index contributed by atoms with van der Waals surface area (Å²) in [7, 11) is -2.93. The van der Waals surface area contributed by atoms with Crippen LogP contribution in [0.5, 0.6) is 0 Å². The molecule has 0 spiro atoms. The summed E-state index contributed by atoms with van der Waals surface area (Å²) >= 11 is 12.8. The number of carbonyl (C=O) groups excluding carboxylic acids is 4. The first-order valence-electron chi connectivity index (χ1n) is 27.3. The van der Waals surface area contributed by atoms with Crippen LogP contribution in [0, 0.1) is 0 Å². The highest BCUT2D eigenvalue weighted by molar-refractivity contribution is 7.83. The van der Waals surface area contributed by atoms with Crippen LogP contribution in [0.2, 0.25) is 10.0 Å². The molecule has 0 amide bonds. The number of benzene rings is 2. The molecule has 0 saturated heterocycles. The van der Waals surface area contributed by atoms with Gasteiger partial charge in [0.2, 0.25) is 0 Å². The lowest BCUT2D eigenvalue weighted by Gasteiger charge is -2.31. The molecule has 74 heavy (non-hydrogen) atoms. The van der Waals surface area contributed by atoms with Gasteiger partial charge >= 0.3 is 35.8 Å². The first-order chi connectivity index (χ1) is 39.7. The van der Waals surface area contributed by atoms with E-state index in [0.29, 0.717) is 81.4 Å². The van der Waals surface area contributed by atoms with Gasteiger partial charge in [0.1, 0.15) is 0 Å². The maximum absolute atomic E-state index is 12.9. The smallest absolute Gasteiger partial charge is 0.336 e. The first-order valence-corrected chi connectivity index (χ1v) is 24.4. The minimum atomic E-state index is -2.90. The minimum absolute atomic E-state index is 0.109. The molecule has 414 valence electrons. The van der Waals surface area contributed by atoms with Gasteiger partial charge in [0.25, 0.3) is 0 Å². The van der Waals surface area contributed by atoms with Gasteiger partial charge in [-0.25, -0.2) is 28.8 Å². The molecule has 0 aromatic heterocycles. The number of carboxylic acid groups (broad SMARTS) is 2. The van der Waals surface area contributed by atoms with E-state index in [1.807, 2.05) is 0 Å².